The van der Waals surface area contributed by atoms with Crippen LogP contribution in [-0.2, 0) is 0 Å². The van der Waals surface area contributed by atoms with E-state index in [1.807, 2.05) is 16.7 Å². The van der Waals surface area contributed by atoms with Crippen LogP contribution in [0.1, 0.15) is 21.5 Å². The van der Waals surface area contributed by atoms with Gasteiger partial charge in [-0.2, -0.15) is 29.5 Å². The normalized spacial score (nSPS) is 13.8. The molecule has 0 unspecified atom stereocenters. The topological polar surface area (TPSA) is 133 Å². The number of amidine groups is 1. The molecule has 1 aromatic carbocycles. The van der Waals surface area contributed by atoms with E-state index in [9.17, 15) is 4.79 Å². The Hall–Kier alpha value is -2.43. The van der Waals surface area contributed by atoms with Crippen molar-refractivity contribution in [3.8, 4) is 0 Å². The third-order valence-electron chi connectivity index (χ3n) is 4.21. The van der Waals surface area contributed by atoms with Gasteiger partial charge in [-0.05, 0) is 30.5 Å². The minimum absolute atomic E-state index is 0.0700. The zero-order chi connectivity index (χ0) is 22.1. The third kappa shape index (κ3) is 6.04. The van der Waals surface area contributed by atoms with E-state index in [4.69, 9.17) is 28.6 Å². The number of aromatic nitrogens is 1. The van der Waals surface area contributed by atoms with Gasteiger partial charge < -0.3 is 27.2 Å². The highest BCUT2D eigenvalue weighted by molar-refractivity contribution is 7.99. The summed E-state index contributed by atoms with van der Waals surface area (Å²) in [4.78, 5) is 18.8. The van der Waals surface area contributed by atoms with Gasteiger partial charge in [0.15, 0.2) is 0 Å². The molecule has 1 fully saturated rings. The average molecular weight is 466 g/mol. The molecule has 8 nitrogen and oxygen atoms in total. The van der Waals surface area contributed by atoms with Crippen LogP contribution < -0.4 is 16.9 Å². The van der Waals surface area contributed by atoms with E-state index in [1.54, 1.807) is 30.5 Å². The molecule has 11 heteroatoms. The number of anilines is 2. The summed E-state index contributed by atoms with van der Waals surface area (Å²) in [6.07, 6.45) is 4.36. The van der Waals surface area contributed by atoms with Gasteiger partial charge in [0.2, 0.25) is 0 Å². The van der Waals surface area contributed by atoms with E-state index in [0.717, 1.165) is 30.8 Å². The molecule has 0 atom stereocenters. The summed E-state index contributed by atoms with van der Waals surface area (Å²) in [5.74, 6) is 7.60. The molecular weight excluding hydrogens is 442 g/mol. The van der Waals surface area contributed by atoms with Crippen molar-refractivity contribution in [2.75, 3.05) is 36.2 Å². The number of carbonyl (C=O) groups excluding carboxylic acids is 1. The molecule has 3 rings (SSSR count). The number of hydrogen-bond acceptors (Lipinski definition) is 8. The number of rotatable bonds is 5. The van der Waals surface area contributed by atoms with Crippen molar-refractivity contribution in [1.29, 1.82) is 5.41 Å². The Labute approximate surface area is 190 Å². The standard InChI is InChI=1S/C18H20ClN7OS.CH4S/c19-14-6-11(16(21)25-22)7-15(8-14)24-17-12(9-20)5-13(10-23-17)18(27)26-1-3-28-4-2-26;1-2/h5-10,20H,1-4,22H2,(H2,21,25)(H,23,24);2H,1H3. The fourth-order valence-corrected chi connectivity index (χ4v) is 3.92. The number of nitrogens with two attached hydrogens (primary N) is 2. The van der Waals surface area contributed by atoms with Crippen LogP contribution in [0.15, 0.2) is 35.6 Å². The molecule has 6 N–H and O–H groups in total. The lowest BCUT2D eigenvalue weighted by Crippen LogP contribution is -2.38. The molecule has 160 valence electrons. The highest BCUT2D eigenvalue weighted by Crippen LogP contribution is 2.24. The van der Waals surface area contributed by atoms with Gasteiger partial charge in [0, 0.05) is 58.8 Å². The van der Waals surface area contributed by atoms with Crippen LogP contribution >= 0.6 is 36.0 Å². The monoisotopic (exact) mass is 465 g/mol. The van der Waals surface area contributed by atoms with Gasteiger partial charge in [-0.15, -0.1) is 0 Å². The molecule has 0 saturated carbocycles. The van der Waals surface area contributed by atoms with Crippen LogP contribution in [0.2, 0.25) is 5.02 Å². The maximum atomic E-state index is 12.7. The Bertz CT molecular complexity index is 933. The highest BCUT2D eigenvalue weighted by atomic mass is 35.5. The van der Waals surface area contributed by atoms with Crippen molar-refractivity contribution in [2.24, 2.45) is 16.7 Å². The number of hydrazone groups is 1. The van der Waals surface area contributed by atoms with E-state index >= 15 is 0 Å². The molecule has 30 heavy (non-hydrogen) atoms. The van der Waals surface area contributed by atoms with Crippen molar-refractivity contribution >= 4 is 65.5 Å². The molecule has 0 bridgehead atoms. The fraction of sp³-hybridized carbons (Fsp3) is 0.263. The predicted molar refractivity (Wildman–Crippen MR) is 130 cm³/mol. The van der Waals surface area contributed by atoms with Gasteiger partial charge in [-0.3, -0.25) is 4.79 Å². The van der Waals surface area contributed by atoms with Crippen LogP contribution in [0.3, 0.4) is 0 Å². The first-order valence-corrected chi connectivity index (χ1v) is 11.4. The zero-order valence-electron chi connectivity index (χ0n) is 16.4. The number of benzene rings is 1. The predicted octanol–water partition coefficient (Wildman–Crippen LogP) is 2.79. The summed E-state index contributed by atoms with van der Waals surface area (Å²) >= 11 is 11.5. The fourth-order valence-electron chi connectivity index (χ4n) is 2.78. The van der Waals surface area contributed by atoms with Crippen molar-refractivity contribution < 1.29 is 4.79 Å². The third-order valence-corrected chi connectivity index (χ3v) is 5.37. The maximum absolute atomic E-state index is 12.7. The Balaban J connectivity index is 0.00000155. The lowest BCUT2D eigenvalue weighted by Gasteiger charge is -2.26. The number of thioether (sulfide) groups is 1. The van der Waals surface area contributed by atoms with E-state index in [1.165, 1.54) is 6.20 Å². The van der Waals surface area contributed by atoms with Gasteiger partial charge >= 0.3 is 0 Å². The summed E-state index contributed by atoms with van der Waals surface area (Å²) < 4.78 is 0. The van der Waals surface area contributed by atoms with Crippen molar-refractivity contribution in [3.05, 3.63) is 52.2 Å². The minimum Gasteiger partial charge on any atom is -0.382 e. The molecule has 0 spiro atoms. The summed E-state index contributed by atoms with van der Waals surface area (Å²) in [6.45, 7) is 1.44. The number of hydrogen-bond donors (Lipinski definition) is 5. The zero-order valence-corrected chi connectivity index (χ0v) is 18.9. The SMILES string of the molecule is CS.N=Cc1cc(C(=O)N2CCSCC2)cnc1Nc1cc(Cl)cc(/C(N)=N/N)c1. The van der Waals surface area contributed by atoms with Gasteiger partial charge in [-0.1, -0.05) is 11.6 Å². The molecule has 1 aromatic heterocycles. The number of carbonyl (C=O) groups is 1. The van der Waals surface area contributed by atoms with E-state index < -0.39 is 0 Å². The Kier molecular flexibility index (Phi) is 9.28. The molecular formula is C19H24ClN7OS2. The first-order valence-electron chi connectivity index (χ1n) is 8.95. The van der Waals surface area contributed by atoms with Crippen molar-refractivity contribution in [2.45, 2.75) is 0 Å². The lowest BCUT2D eigenvalue weighted by atomic mass is 10.1. The van der Waals surface area contributed by atoms with Gasteiger partial charge in [0.05, 0.1) is 5.56 Å². The molecule has 1 aliphatic rings. The molecule has 1 amide bonds. The van der Waals surface area contributed by atoms with Crippen LogP contribution in [-0.4, -0.2) is 58.7 Å². The molecule has 1 aliphatic heterocycles. The van der Waals surface area contributed by atoms with E-state index in [2.05, 4.69) is 28.0 Å². The number of pyridine rings is 1. The van der Waals surface area contributed by atoms with Gasteiger partial charge in [-0.25, -0.2) is 4.98 Å². The molecule has 0 aliphatic carbocycles. The second-order valence-electron chi connectivity index (χ2n) is 6.08. The first kappa shape index (κ1) is 23.8. The maximum Gasteiger partial charge on any atom is 0.255 e. The lowest BCUT2D eigenvalue weighted by molar-refractivity contribution is 0.0772. The number of amides is 1. The quantitative estimate of drug-likeness (QED) is 0.151. The van der Waals surface area contributed by atoms with E-state index in [0.29, 0.717) is 33.2 Å². The van der Waals surface area contributed by atoms with Crippen LogP contribution in [0.4, 0.5) is 11.5 Å². The molecule has 2 aromatic rings. The minimum atomic E-state index is -0.0700. The summed E-state index contributed by atoms with van der Waals surface area (Å²) in [6, 6.07) is 6.71. The van der Waals surface area contributed by atoms with E-state index in [-0.39, 0.29) is 11.7 Å². The Morgan fingerprint density at radius 3 is 2.63 bits per heavy atom. The summed E-state index contributed by atoms with van der Waals surface area (Å²) in [5, 5.41) is 14.7. The Morgan fingerprint density at radius 1 is 1.30 bits per heavy atom. The van der Waals surface area contributed by atoms with Crippen LogP contribution in [0, 0.1) is 5.41 Å². The van der Waals surface area contributed by atoms with Crippen LogP contribution in [0.5, 0.6) is 0 Å². The van der Waals surface area contributed by atoms with Crippen molar-refractivity contribution in [1.82, 2.24) is 9.88 Å². The highest BCUT2D eigenvalue weighted by Gasteiger charge is 2.19. The number of thiol groups is 1. The number of nitrogens with one attached hydrogen (secondary N) is 2. The largest absolute Gasteiger partial charge is 0.382 e. The smallest absolute Gasteiger partial charge is 0.255 e. The molecule has 1 saturated heterocycles. The number of nitrogens with zero attached hydrogens (tertiary/aromatic N) is 3. The second-order valence-corrected chi connectivity index (χ2v) is 7.74. The second kappa shape index (κ2) is 11.7. The molecule has 0 radical (unpaired) electrons. The first-order chi connectivity index (χ1) is 14.5. The Morgan fingerprint density at radius 2 is 2.00 bits per heavy atom. The molecule has 2 heterocycles. The van der Waals surface area contributed by atoms with Gasteiger partial charge in [0.1, 0.15) is 11.7 Å². The van der Waals surface area contributed by atoms with Gasteiger partial charge in [0.25, 0.3) is 5.91 Å². The van der Waals surface area contributed by atoms with Crippen LogP contribution in [0.25, 0.3) is 0 Å². The summed E-state index contributed by atoms with van der Waals surface area (Å²) in [7, 11) is 0. The summed E-state index contributed by atoms with van der Waals surface area (Å²) in [5.41, 5.74) is 7.86. The average Bonchev–Trinajstić information content (AvgIpc) is 2.79. The van der Waals surface area contributed by atoms with Crippen molar-refractivity contribution in [3.63, 3.8) is 0 Å². The number of halogens is 1.